The summed E-state index contributed by atoms with van der Waals surface area (Å²) in [5.41, 5.74) is -0.630. The van der Waals surface area contributed by atoms with Crippen molar-refractivity contribution in [2.24, 2.45) is 0 Å². The van der Waals surface area contributed by atoms with E-state index in [1.54, 1.807) is 0 Å². The number of nitrogens with zero attached hydrogens (tertiary/aromatic N) is 1. The van der Waals surface area contributed by atoms with Gasteiger partial charge in [0.15, 0.2) is 11.5 Å². The molecule has 1 saturated heterocycles. The standard InChI is InChI=1S/C17H24N2O5/c20-14-9-16(24-11-15(14)21)17(22)18-6-5-13-10-19(7-8-23-13)12-3-1-2-4-12/h9,11-13,21H,1-8,10H2,(H,18,22)/t13-/m1/s1. The molecule has 7 heteroatoms. The number of morpholine rings is 1. The molecule has 1 amide bonds. The summed E-state index contributed by atoms with van der Waals surface area (Å²) in [6.45, 7) is 3.09. The molecule has 2 heterocycles. The Bertz CT molecular complexity index is 624. The van der Waals surface area contributed by atoms with E-state index >= 15 is 0 Å². The summed E-state index contributed by atoms with van der Waals surface area (Å²) >= 11 is 0. The van der Waals surface area contributed by atoms with Crippen molar-refractivity contribution in [2.45, 2.75) is 44.2 Å². The van der Waals surface area contributed by atoms with E-state index < -0.39 is 17.1 Å². The van der Waals surface area contributed by atoms with Crippen LogP contribution in [0.5, 0.6) is 5.75 Å². The van der Waals surface area contributed by atoms with Crippen LogP contribution in [0.1, 0.15) is 42.7 Å². The summed E-state index contributed by atoms with van der Waals surface area (Å²) in [5, 5.41) is 11.9. The first-order valence-corrected chi connectivity index (χ1v) is 8.59. The molecule has 0 spiro atoms. The minimum atomic E-state index is -0.630. The highest BCUT2D eigenvalue weighted by molar-refractivity contribution is 5.91. The third-order valence-electron chi connectivity index (χ3n) is 4.80. The van der Waals surface area contributed by atoms with Crippen LogP contribution in [0.4, 0.5) is 0 Å². The van der Waals surface area contributed by atoms with Crippen LogP contribution in [0, 0.1) is 0 Å². The molecule has 24 heavy (non-hydrogen) atoms. The Kier molecular flexibility index (Phi) is 5.52. The zero-order valence-electron chi connectivity index (χ0n) is 13.7. The van der Waals surface area contributed by atoms with Crippen molar-refractivity contribution >= 4 is 5.91 Å². The van der Waals surface area contributed by atoms with Gasteiger partial charge in [-0.2, -0.15) is 0 Å². The fraction of sp³-hybridized carbons (Fsp3) is 0.647. The van der Waals surface area contributed by atoms with E-state index in [-0.39, 0.29) is 11.9 Å². The third-order valence-corrected chi connectivity index (χ3v) is 4.80. The van der Waals surface area contributed by atoms with Gasteiger partial charge in [-0.05, 0) is 19.3 Å². The first-order valence-electron chi connectivity index (χ1n) is 8.59. The zero-order valence-corrected chi connectivity index (χ0v) is 13.7. The normalized spacial score (nSPS) is 22.6. The number of nitrogens with one attached hydrogen (secondary N) is 1. The van der Waals surface area contributed by atoms with Crippen LogP contribution >= 0.6 is 0 Å². The predicted molar refractivity (Wildman–Crippen MR) is 87.2 cm³/mol. The van der Waals surface area contributed by atoms with E-state index in [1.807, 2.05) is 0 Å². The van der Waals surface area contributed by atoms with Gasteiger partial charge in [-0.25, -0.2) is 0 Å². The Morgan fingerprint density at radius 1 is 1.38 bits per heavy atom. The largest absolute Gasteiger partial charge is 0.502 e. The average Bonchev–Trinajstić information content (AvgIpc) is 3.12. The minimum absolute atomic E-state index is 0.102. The highest BCUT2D eigenvalue weighted by Crippen LogP contribution is 2.25. The van der Waals surface area contributed by atoms with Crippen molar-refractivity contribution in [1.82, 2.24) is 10.2 Å². The second-order valence-corrected chi connectivity index (χ2v) is 6.46. The highest BCUT2D eigenvalue weighted by atomic mass is 16.5. The fourth-order valence-corrected chi connectivity index (χ4v) is 3.48. The Morgan fingerprint density at radius 3 is 2.92 bits per heavy atom. The van der Waals surface area contributed by atoms with E-state index in [1.165, 1.54) is 25.7 Å². The fourth-order valence-electron chi connectivity index (χ4n) is 3.48. The SMILES string of the molecule is O=C(NCC[C@@H]1CN(C2CCCC2)CCO1)c1cc(=O)c(O)co1. The highest BCUT2D eigenvalue weighted by Gasteiger charge is 2.28. The molecule has 2 fully saturated rings. The van der Waals surface area contributed by atoms with E-state index in [0.717, 1.165) is 38.4 Å². The topological polar surface area (TPSA) is 92.0 Å². The van der Waals surface area contributed by atoms with Gasteiger partial charge in [-0.15, -0.1) is 0 Å². The van der Waals surface area contributed by atoms with Crippen LogP contribution in [0.15, 0.2) is 21.5 Å². The molecule has 1 aliphatic heterocycles. The number of aromatic hydroxyl groups is 1. The molecule has 0 aromatic carbocycles. The van der Waals surface area contributed by atoms with Gasteiger partial charge >= 0.3 is 0 Å². The molecule has 0 unspecified atom stereocenters. The molecular weight excluding hydrogens is 312 g/mol. The van der Waals surface area contributed by atoms with Crippen molar-refractivity contribution in [2.75, 3.05) is 26.2 Å². The van der Waals surface area contributed by atoms with Gasteiger partial charge in [0.1, 0.15) is 6.26 Å². The van der Waals surface area contributed by atoms with Gasteiger partial charge in [0.25, 0.3) is 5.91 Å². The molecular formula is C17H24N2O5. The molecule has 2 aliphatic rings. The van der Waals surface area contributed by atoms with Gasteiger partial charge in [-0.3, -0.25) is 14.5 Å². The van der Waals surface area contributed by atoms with Crippen LogP contribution in [0.3, 0.4) is 0 Å². The Hall–Kier alpha value is -1.86. The quantitative estimate of drug-likeness (QED) is 0.837. The molecule has 132 valence electrons. The molecule has 1 aliphatic carbocycles. The van der Waals surface area contributed by atoms with Crippen LogP contribution in [0.25, 0.3) is 0 Å². The first kappa shape index (κ1) is 17.0. The zero-order chi connectivity index (χ0) is 16.9. The Balaban J connectivity index is 1.44. The molecule has 7 nitrogen and oxygen atoms in total. The monoisotopic (exact) mass is 336 g/mol. The van der Waals surface area contributed by atoms with Crippen LogP contribution in [0.2, 0.25) is 0 Å². The summed E-state index contributed by atoms with van der Waals surface area (Å²) < 4.78 is 10.7. The number of hydrogen-bond donors (Lipinski definition) is 2. The molecule has 1 aromatic rings. The lowest BCUT2D eigenvalue weighted by atomic mass is 10.1. The first-order chi connectivity index (χ1) is 11.6. The number of carbonyl (C=O) groups is 1. The third kappa shape index (κ3) is 4.15. The van der Waals surface area contributed by atoms with Crippen LogP contribution in [-0.2, 0) is 4.74 Å². The van der Waals surface area contributed by atoms with Gasteiger partial charge in [0, 0.05) is 31.7 Å². The van der Waals surface area contributed by atoms with Crippen molar-refractivity contribution in [3.8, 4) is 5.75 Å². The van der Waals surface area contributed by atoms with Gasteiger partial charge in [-0.1, -0.05) is 12.8 Å². The summed E-state index contributed by atoms with van der Waals surface area (Å²) in [6.07, 6.45) is 6.91. The summed E-state index contributed by atoms with van der Waals surface area (Å²) in [7, 11) is 0. The summed E-state index contributed by atoms with van der Waals surface area (Å²) in [5.74, 6) is -1.07. The summed E-state index contributed by atoms with van der Waals surface area (Å²) in [6, 6.07) is 1.68. The Labute approximate surface area is 140 Å². The maximum Gasteiger partial charge on any atom is 0.287 e. The van der Waals surface area contributed by atoms with Crippen LogP contribution in [-0.4, -0.2) is 54.3 Å². The maximum absolute atomic E-state index is 11.9. The van der Waals surface area contributed by atoms with Crippen molar-refractivity contribution in [3.05, 3.63) is 28.3 Å². The smallest absolute Gasteiger partial charge is 0.287 e. The van der Waals surface area contributed by atoms with E-state index in [2.05, 4.69) is 10.2 Å². The van der Waals surface area contributed by atoms with Gasteiger partial charge in [0.05, 0.1) is 12.7 Å². The molecule has 1 aromatic heterocycles. The number of amides is 1. The number of carbonyl (C=O) groups excluding carboxylic acids is 1. The number of rotatable bonds is 5. The second-order valence-electron chi connectivity index (χ2n) is 6.46. The van der Waals surface area contributed by atoms with E-state index in [0.29, 0.717) is 12.6 Å². The summed E-state index contributed by atoms with van der Waals surface area (Å²) in [4.78, 5) is 25.8. The molecule has 2 N–H and O–H groups in total. The maximum atomic E-state index is 11.9. The second kappa shape index (κ2) is 7.81. The van der Waals surface area contributed by atoms with Gasteiger partial charge in [0.2, 0.25) is 5.43 Å². The van der Waals surface area contributed by atoms with Crippen molar-refractivity contribution < 1.29 is 19.1 Å². The lowest BCUT2D eigenvalue weighted by molar-refractivity contribution is -0.0449. The lowest BCUT2D eigenvalue weighted by Crippen LogP contribution is -2.47. The van der Waals surface area contributed by atoms with Crippen molar-refractivity contribution in [3.63, 3.8) is 0 Å². The molecule has 3 rings (SSSR count). The minimum Gasteiger partial charge on any atom is -0.502 e. The lowest BCUT2D eigenvalue weighted by Gasteiger charge is -2.36. The van der Waals surface area contributed by atoms with Crippen LogP contribution < -0.4 is 10.7 Å². The average molecular weight is 336 g/mol. The molecule has 1 atom stereocenters. The van der Waals surface area contributed by atoms with E-state index in [9.17, 15) is 9.59 Å². The molecule has 0 radical (unpaired) electrons. The van der Waals surface area contributed by atoms with Crippen molar-refractivity contribution in [1.29, 1.82) is 0 Å². The number of hydrogen-bond acceptors (Lipinski definition) is 6. The molecule has 1 saturated carbocycles. The van der Waals surface area contributed by atoms with Gasteiger partial charge < -0.3 is 19.6 Å². The van der Waals surface area contributed by atoms with E-state index in [4.69, 9.17) is 14.3 Å². The molecule has 0 bridgehead atoms. The number of ether oxygens (including phenoxy) is 1. The Morgan fingerprint density at radius 2 is 2.17 bits per heavy atom. The predicted octanol–water partition coefficient (Wildman–Crippen LogP) is 1.11.